The third-order valence-electron chi connectivity index (χ3n) is 2.59. The summed E-state index contributed by atoms with van der Waals surface area (Å²) in [6.45, 7) is 4.48. The van der Waals surface area contributed by atoms with Crippen LogP contribution >= 0.6 is 15.9 Å². The Hall–Kier alpha value is -0.500. The largest absolute Gasteiger partial charge is 0.382 e. The maximum absolute atomic E-state index is 3.57. The standard InChI is InChI=1S/C13H20BrN/c1-3-5-8-12(4-2)15-13-9-6-7-11(14)10-13/h6-7,9-10,12,15H,3-5,8H2,1-2H3. The van der Waals surface area contributed by atoms with Crippen LogP contribution < -0.4 is 5.32 Å². The van der Waals surface area contributed by atoms with Crippen molar-refractivity contribution in [2.24, 2.45) is 0 Å². The molecule has 0 fully saturated rings. The first-order valence-electron chi connectivity index (χ1n) is 5.78. The minimum Gasteiger partial charge on any atom is -0.382 e. The molecule has 1 unspecified atom stereocenters. The van der Waals surface area contributed by atoms with Crippen molar-refractivity contribution >= 4 is 21.6 Å². The van der Waals surface area contributed by atoms with Gasteiger partial charge in [0.1, 0.15) is 0 Å². The van der Waals surface area contributed by atoms with Crippen LogP contribution in [-0.2, 0) is 0 Å². The molecule has 0 spiro atoms. The van der Waals surface area contributed by atoms with Gasteiger partial charge in [-0.15, -0.1) is 0 Å². The van der Waals surface area contributed by atoms with Gasteiger partial charge in [-0.25, -0.2) is 0 Å². The van der Waals surface area contributed by atoms with E-state index in [1.54, 1.807) is 0 Å². The molecule has 1 aromatic carbocycles. The fourth-order valence-corrected chi connectivity index (χ4v) is 2.04. The Balaban J connectivity index is 2.50. The minimum absolute atomic E-state index is 0.610. The van der Waals surface area contributed by atoms with Gasteiger partial charge >= 0.3 is 0 Å². The minimum atomic E-state index is 0.610. The molecule has 0 aromatic heterocycles. The fourth-order valence-electron chi connectivity index (χ4n) is 1.64. The maximum atomic E-state index is 3.57. The summed E-state index contributed by atoms with van der Waals surface area (Å²) in [6, 6.07) is 8.99. The van der Waals surface area contributed by atoms with Crippen molar-refractivity contribution in [3.8, 4) is 0 Å². The molecule has 0 bridgehead atoms. The van der Waals surface area contributed by atoms with Crippen LogP contribution in [-0.4, -0.2) is 6.04 Å². The molecular weight excluding hydrogens is 250 g/mol. The van der Waals surface area contributed by atoms with Crippen LogP contribution in [0.4, 0.5) is 5.69 Å². The maximum Gasteiger partial charge on any atom is 0.0353 e. The van der Waals surface area contributed by atoms with Crippen LogP contribution in [0.15, 0.2) is 28.7 Å². The van der Waals surface area contributed by atoms with E-state index in [0.29, 0.717) is 6.04 Å². The van der Waals surface area contributed by atoms with Gasteiger partial charge in [0.15, 0.2) is 0 Å². The molecule has 1 rings (SSSR count). The first kappa shape index (κ1) is 12.6. The van der Waals surface area contributed by atoms with E-state index in [1.165, 1.54) is 31.4 Å². The summed E-state index contributed by atoms with van der Waals surface area (Å²) in [5.41, 5.74) is 1.22. The Kier molecular flexibility index (Phi) is 5.77. The molecule has 84 valence electrons. The number of nitrogens with one attached hydrogen (secondary N) is 1. The number of hydrogen-bond donors (Lipinski definition) is 1. The predicted octanol–water partition coefficient (Wildman–Crippen LogP) is 4.83. The zero-order valence-corrected chi connectivity index (χ0v) is 11.2. The molecule has 0 aliphatic heterocycles. The van der Waals surface area contributed by atoms with Crippen molar-refractivity contribution in [2.75, 3.05) is 5.32 Å². The number of unbranched alkanes of at least 4 members (excludes halogenated alkanes) is 1. The molecule has 0 radical (unpaired) electrons. The lowest BCUT2D eigenvalue weighted by atomic mass is 10.1. The van der Waals surface area contributed by atoms with Gasteiger partial charge in [-0.05, 0) is 31.0 Å². The quantitative estimate of drug-likeness (QED) is 0.780. The summed E-state index contributed by atoms with van der Waals surface area (Å²) >= 11 is 3.49. The molecule has 1 N–H and O–H groups in total. The summed E-state index contributed by atoms with van der Waals surface area (Å²) < 4.78 is 1.14. The number of hydrogen-bond acceptors (Lipinski definition) is 1. The summed E-state index contributed by atoms with van der Waals surface area (Å²) in [7, 11) is 0. The second-order valence-corrected chi connectivity index (χ2v) is 4.82. The molecule has 1 aromatic rings. The Morgan fingerprint density at radius 1 is 1.33 bits per heavy atom. The van der Waals surface area contributed by atoms with E-state index in [4.69, 9.17) is 0 Å². The highest BCUT2D eigenvalue weighted by Gasteiger charge is 2.04. The van der Waals surface area contributed by atoms with Crippen LogP contribution in [0.5, 0.6) is 0 Å². The monoisotopic (exact) mass is 269 g/mol. The third kappa shape index (κ3) is 4.70. The van der Waals surface area contributed by atoms with Gasteiger partial charge in [0.2, 0.25) is 0 Å². The molecule has 0 heterocycles. The van der Waals surface area contributed by atoms with E-state index in [9.17, 15) is 0 Å². The Morgan fingerprint density at radius 3 is 2.73 bits per heavy atom. The summed E-state index contributed by atoms with van der Waals surface area (Å²) in [5.74, 6) is 0. The normalized spacial score (nSPS) is 12.5. The van der Waals surface area contributed by atoms with Crippen molar-refractivity contribution in [3.05, 3.63) is 28.7 Å². The first-order chi connectivity index (χ1) is 7.26. The number of benzene rings is 1. The molecular formula is C13H20BrN. The number of anilines is 1. The van der Waals surface area contributed by atoms with Crippen LogP contribution in [0.1, 0.15) is 39.5 Å². The van der Waals surface area contributed by atoms with Gasteiger partial charge in [-0.2, -0.15) is 0 Å². The highest BCUT2D eigenvalue weighted by atomic mass is 79.9. The molecule has 0 aliphatic rings. The Labute approximate surface area is 101 Å². The average Bonchev–Trinajstić information content (AvgIpc) is 2.24. The van der Waals surface area contributed by atoms with E-state index < -0.39 is 0 Å². The van der Waals surface area contributed by atoms with Crippen molar-refractivity contribution in [1.82, 2.24) is 0 Å². The zero-order valence-electron chi connectivity index (χ0n) is 9.59. The van der Waals surface area contributed by atoms with E-state index in [2.05, 4.69) is 59.4 Å². The lowest BCUT2D eigenvalue weighted by molar-refractivity contribution is 0.593. The molecule has 1 atom stereocenters. The van der Waals surface area contributed by atoms with Gasteiger partial charge in [0.25, 0.3) is 0 Å². The van der Waals surface area contributed by atoms with Crippen molar-refractivity contribution < 1.29 is 0 Å². The van der Waals surface area contributed by atoms with Crippen LogP contribution in [0, 0.1) is 0 Å². The van der Waals surface area contributed by atoms with Crippen LogP contribution in [0.3, 0.4) is 0 Å². The fraction of sp³-hybridized carbons (Fsp3) is 0.538. The first-order valence-corrected chi connectivity index (χ1v) is 6.57. The van der Waals surface area contributed by atoms with Gasteiger partial charge < -0.3 is 5.32 Å². The van der Waals surface area contributed by atoms with Gasteiger partial charge in [0.05, 0.1) is 0 Å². The Morgan fingerprint density at radius 2 is 2.13 bits per heavy atom. The molecule has 0 saturated heterocycles. The lowest BCUT2D eigenvalue weighted by Gasteiger charge is -2.18. The number of rotatable bonds is 6. The SMILES string of the molecule is CCCCC(CC)Nc1cccc(Br)c1. The topological polar surface area (TPSA) is 12.0 Å². The summed E-state index contributed by atoms with van der Waals surface area (Å²) in [5, 5.41) is 3.57. The number of halogens is 1. The van der Waals surface area contributed by atoms with Gasteiger partial charge in [-0.1, -0.05) is 48.7 Å². The molecule has 0 amide bonds. The molecule has 0 saturated carbocycles. The molecule has 15 heavy (non-hydrogen) atoms. The lowest BCUT2D eigenvalue weighted by Crippen LogP contribution is -2.18. The van der Waals surface area contributed by atoms with E-state index in [-0.39, 0.29) is 0 Å². The van der Waals surface area contributed by atoms with Crippen LogP contribution in [0.2, 0.25) is 0 Å². The Bertz CT molecular complexity index is 286. The van der Waals surface area contributed by atoms with Crippen molar-refractivity contribution in [2.45, 2.75) is 45.6 Å². The zero-order chi connectivity index (χ0) is 11.1. The van der Waals surface area contributed by atoms with E-state index in [1.807, 2.05) is 0 Å². The summed E-state index contributed by atoms with van der Waals surface area (Å²) in [4.78, 5) is 0. The third-order valence-corrected chi connectivity index (χ3v) is 3.09. The highest BCUT2D eigenvalue weighted by Crippen LogP contribution is 2.18. The van der Waals surface area contributed by atoms with Crippen LogP contribution in [0.25, 0.3) is 0 Å². The highest BCUT2D eigenvalue weighted by molar-refractivity contribution is 9.10. The molecule has 1 nitrogen and oxygen atoms in total. The van der Waals surface area contributed by atoms with E-state index >= 15 is 0 Å². The smallest absolute Gasteiger partial charge is 0.0353 e. The average molecular weight is 270 g/mol. The second kappa shape index (κ2) is 6.89. The summed E-state index contributed by atoms with van der Waals surface area (Å²) in [6.07, 6.45) is 5.03. The van der Waals surface area contributed by atoms with Gasteiger partial charge in [-0.3, -0.25) is 0 Å². The molecule has 2 heteroatoms. The van der Waals surface area contributed by atoms with E-state index in [0.717, 1.165) is 4.47 Å². The predicted molar refractivity (Wildman–Crippen MR) is 71.4 cm³/mol. The van der Waals surface area contributed by atoms with Gasteiger partial charge in [0, 0.05) is 16.2 Å². The molecule has 0 aliphatic carbocycles. The second-order valence-electron chi connectivity index (χ2n) is 3.90. The van der Waals surface area contributed by atoms with Crippen molar-refractivity contribution in [1.29, 1.82) is 0 Å². The van der Waals surface area contributed by atoms with Crippen molar-refractivity contribution in [3.63, 3.8) is 0 Å².